The van der Waals surface area contributed by atoms with E-state index < -0.39 is 11.7 Å². The Morgan fingerprint density at radius 1 is 1.15 bits per heavy atom. The summed E-state index contributed by atoms with van der Waals surface area (Å²) in [4.78, 5) is 14.8. The van der Waals surface area contributed by atoms with Crippen molar-refractivity contribution in [2.75, 3.05) is 18.4 Å². The second-order valence-electron chi connectivity index (χ2n) is 8.75. The summed E-state index contributed by atoms with van der Waals surface area (Å²) in [5.74, 6) is -1.05. The van der Waals surface area contributed by atoms with Gasteiger partial charge in [0.1, 0.15) is 5.82 Å². The number of benzene rings is 2. The van der Waals surface area contributed by atoms with Gasteiger partial charge in [-0.15, -0.1) is 0 Å². The number of hydrogen-bond donors (Lipinski definition) is 3. The molecule has 2 unspecified atom stereocenters. The lowest BCUT2D eigenvalue weighted by molar-refractivity contribution is 0.0980. The van der Waals surface area contributed by atoms with E-state index in [0.29, 0.717) is 26.5 Å². The molecule has 33 heavy (non-hydrogen) atoms. The normalized spacial score (nSPS) is 19.4. The first-order valence-electron chi connectivity index (χ1n) is 11.0. The molecule has 176 valence electrons. The first-order chi connectivity index (χ1) is 15.7. The lowest BCUT2D eigenvalue weighted by atomic mass is 10.0. The van der Waals surface area contributed by atoms with Crippen molar-refractivity contribution in [3.05, 3.63) is 62.9 Å². The van der Waals surface area contributed by atoms with Crippen LogP contribution in [0.3, 0.4) is 0 Å². The van der Waals surface area contributed by atoms with Crippen LogP contribution in [-0.4, -0.2) is 40.9 Å². The van der Waals surface area contributed by atoms with Gasteiger partial charge in [-0.3, -0.25) is 14.4 Å². The molecule has 2 aromatic carbocycles. The van der Waals surface area contributed by atoms with Crippen LogP contribution >= 0.6 is 35.1 Å². The van der Waals surface area contributed by atoms with Crippen molar-refractivity contribution in [2.45, 2.75) is 50.4 Å². The predicted molar refractivity (Wildman–Crippen MR) is 135 cm³/mol. The monoisotopic (exact) mass is 508 g/mol. The van der Waals surface area contributed by atoms with E-state index in [1.807, 2.05) is 12.1 Å². The molecule has 0 bridgehead atoms. The van der Waals surface area contributed by atoms with Gasteiger partial charge in [0.05, 0.1) is 5.56 Å². The standard InChI is InChI=1S/C24H27Cl2FN4OS/c1-13(28)20-10-21(24(32)30-33-19-3-4-19)22(27)11-23(20)29-18-5-6-31(12-18)14(2)15-7-16(25)9-17(26)8-15/h7-11,14,18-19,28-29H,3-6,12H2,1-2H3,(H,30,32). The number of likely N-dealkylation sites (tertiary alicyclic amines) is 1. The molecule has 2 fully saturated rings. The molecular weight excluding hydrogens is 482 g/mol. The van der Waals surface area contributed by atoms with Gasteiger partial charge in [-0.05, 0) is 81.0 Å². The van der Waals surface area contributed by atoms with Crippen molar-refractivity contribution >= 4 is 52.5 Å². The number of rotatable bonds is 8. The lowest BCUT2D eigenvalue weighted by Crippen LogP contribution is -2.29. The molecule has 1 saturated heterocycles. The molecule has 1 aliphatic heterocycles. The highest BCUT2D eigenvalue weighted by molar-refractivity contribution is 7.98. The summed E-state index contributed by atoms with van der Waals surface area (Å²) in [6.07, 6.45) is 3.02. The average Bonchev–Trinajstić information content (AvgIpc) is 3.47. The maximum Gasteiger partial charge on any atom is 0.264 e. The van der Waals surface area contributed by atoms with Crippen LogP contribution < -0.4 is 10.0 Å². The van der Waals surface area contributed by atoms with E-state index in [4.69, 9.17) is 28.6 Å². The maximum absolute atomic E-state index is 14.8. The fourth-order valence-corrected chi connectivity index (χ4v) is 5.36. The van der Waals surface area contributed by atoms with Crippen LogP contribution in [0.25, 0.3) is 0 Å². The van der Waals surface area contributed by atoms with Crippen molar-refractivity contribution in [1.82, 2.24) is 9.62 Å². The number of anilines is 1. The van der Waals surface area contributed by atoms with Gasteiger partial charge in [0.25, 0.3) is 5.91 Å². The Bertz CT molecular complexity index is 1060. The van der Waals surface area contributed by atoms with Gasteiger partial charge in [-0.1, -0.05) is 23.2 Å². The minimum Gasteiger partial charge on any atom is -0.380 e. The van der Waals surface area contributed by atoms with E-state index in [1.54, 1.807) is 13.0 Å². The van der Waals surface area contributed by atoms with Gasteiger partial charge in [0, 0.05) is 57.4 Å². The molecule has 3 N–H and O–H groups in total. The third-order valence-corrected chi connectivity index (χ3v) is 7.64. The molecular formula is C24H27Cl2FN4OS. The fraction of sp³-hybridized carbons (Fsp3) is 0.417. The zero-order chi connectivity index (χ0) is 23.7. The molecule has 0 radical (unpaired) electrons. The fourth-order valence-electron chi connectivity index (χ4n) is 4.06. The zero-order valence-corrected chi connectivity index (χ0v) is 20.9. The summed E-state index contributed by atoms with van der Waals surface area (Å²) in [6, 6.07) is 8.61. The molecule has 2 aliphatic rings. The third-order valence-electron chi connectivity index (χ3n) is 6.09. The third kappa shape index (κ3) is 6.01. The van der Waals surface area contributed by atoms with Crippen LogP contribution in [0.15, 0.2) is 30.3 Å². The van der Waals surface area contributed by atoms with E-state index >= 15 is 0 Å². The van der Waals surface area contributed by atoms with Crippen molar-refractivity contribution in [3.8, 4) is 0 Å². The Hall–Kier alpha value is -1.80. The van der Waals surface area contributed by atoms with Gasteiger partial charge in [-0.25, -0.2) is 4.39 Å². The predicted octanol–water partition coefficient (Wildman–Crippen LogP) is 6.31. The molecule has 0 aromatic heterocycles. The van der Waals surface area contributed by atoms with E-state index in [-0.39, 0.29) is 23.4 Å². The molecule has 4 rings (SSSR count). The minimum atomic E-state index is -0.590. The number of carbonyl (C=O) groups is 1. The van der Waals surface area contributed by atoms with E-state index in [0.717, 1.165) is 37.9 Å². The number of hydrogen-bond acceptors (Lipinski definition) is 5. The van der Waals surface area contributed by atoms with Crippen LogP contribution in [0.2, 0.25) is 10.0 Å². The molecule has 1 saturated carbocycles. The van der Waals surface area contributed by atoms with Crippen LogP contribution in [-0.2, 0) is 0 Å². The Labute approximate surface area is 208 Å². The van der Waals surface area contributed by atoms with E-state index in [1.165, 1.54) is 24.1 Å². The van der Waals surface area contributed by atoms with Gasteiger partial charge in [-0.2, -0.15) is 0 Å². The molecule has 0 spiro atoms. The zero-order valence-electron chi connectivity index (χ0n) is 18.6. The summed E-state index contributed by atoms with van der Waals surface area (Å²) in [5.41, 5.74) is 2.37. The molecule has 9 heteroatoms. The van der Waals surface area contributed by atoms with Crippen LogP contribution in [0.1, 0.15) is 60.6 Å². The highest BCUT2D eigenvalue weighted by Gasteiger charge is 2.29. The van der Waals surface area contributed by atoms with Gasteiger partial charge in [0.2, 0.25) is 0 Å². The quantitative estimate of drug-likeness (QED) is 0.288. The number of nitrogens with one attached hydrogen (secondary N) is 3. The molecule has 5 nitrogen and oxygen atoms in total. The highest BCUT2D eigenvalue weighted by atomic mass is 35.5. The Balaban J connectivity index is 1.46. The molecule has 1 amide bonds. The minimum absolute atomic E-state index is 0.0326. The number of carbonyl (C=O) groups excluding carboxylic acids is 1. The summed E-state index contributed by atoms with van der Waals surface area (Å²) >= 11 is 13.7. The topological polar surface area (TPSA) is 68.2 Å². The lowest BCUT2D eigenvalue weighted by Gasteiger charge is -2.25. The molecule has 2 aromatic rings. The van der Waals surface area contributed by atoms with Gasteiger partial charge >= 0.3 is 0 Å². The molecule has 1 heterocycles. The number of amides is 1. The summed E-state index contributed by atoms with van der Waals surface area (Å²) < 4.78 is 17.6. The van der Waals surface area contributed by atoms with Crippen molar-refractivity contribution in [2.24, 2.45) is 0 Å². The Kier molecular flexibility index (Phi) is 7.53. The first kappa shape index (κ1) is 24.3. The number of halogens is 3. The second kappa shape index (κ2) is 10.2. The first-order valence-corrected chi connectivity index (χ1v) is 12.7. The summed E-state index contributed by atoms with van der Waals surface area (Å²) in [7, 11) is 0. The van der Waals surface area contributed by atoms with Crippen LogP contribution in [0, 0.1) is 11.2 Å². The summed E-state index contributed by atoms with van der Waals surface area (Å²) in [6.45, 7) is 5.38. The van der Waals surface area contributed by atoms with Crippen LogP contribution in [0.4, 0.5) is 10.1 Å². The van der Waals surface area contributed by atoms with Crippen molar-refractivity contribution in [1.29, 1.82) is 5.41 Å². The SMILES string of the molecule is CC(=N)c1cc(C(=O)NSC2CC2)c(F)cc1NC1CCN(C(C)c2cc(Cl)cc(Cl)c2)C1. The average molecular weight is 509 g/mol. The van der Waals surface area contributed by atoms with Gasteiger partial charge in [0.15, 0.2) is 0 Å². The Morgan fingerprint density at radius 3 is 2.48 bits per heavy atom. The smallest absolute Gasteiger partial charge is 0.264 e. The summed E-state index contributed by atoms with van der Waals surface area (Å²) in [5, 5.41) is 13.2. The molecule has 2 atom stereocenters. The number of nitrogens with zero attached hydrogens (tertiary/aromatic N) is 1. The maximum atomic E-state index is 14.8. The van der Waals surface area contributed by atoms with E-state index in [2.05, 4.69) is 21.9 Å². The largest absolute Gasteiger partial charge is 0.380 e. The van der Waals surface area contributed by atoms with E-state index in [9.17, 15) is 9.18 Å². The Morgan fingerprint density at radius 2 is 1.85 bits per heavy atom. The van der Waals surface area contributed by atoms with Crippen LogP contribution in [0.5, 0.6) is 0 Å². The second-order valence-corrected chi connectivity index (χ2v) is 10.7. The van der Waals surface area contributed by atoms with Crippen molar-refractivity contribution < 1.29 is 9.18 Å². The van der Waals surface area contributed by atoms with Gasteiger partial charge < -0.3 is 10.7 Å². The highest BCUT2D eigenvalue weighted by Crippen LogP contribution is 2.33. The van der Waals surface area contributed by atoms with Crippen molar-refractivity contribution in [3.63, 3.8) is 0 Å². The molecule has 1 aliphatic carbocycles.